The summed E-state index contributed by atoms with van der Waals surface area (Å²) in [6.07, 6.45) is 8.59. The minimum Gasteiger partial charge on any atom is -0.0625 e. The zero-order valence-electron chi connectivity index (χ0n) is 25.7. The predicted octanol–water partition coefficient (Wildman–Crippen LogP) is 11.2. The summed E-state index contributed by atoms with van der Waals surface area (Å²) in [7, 11) is 0. The molecule has 39 heavy (non-hydrogen) atoms. The maximum Gasteiger partial charge on any atom is 0.0508 e. The van der Waals surface area contributed by atoms with Gasteiger partial charge < -0.3 is 0 Å². The molecule has 0 aliphatic heterocycles. The molecule has 0 N–H and O–H groups in total. The molecule has 0 saturated heterocycles. The second kappa shape index (κ2) is 13.2. The van der Waals surface area contributed by atoms with Crippen molar-refractivity contribution in [2.75, 3.05) is 0 Å². The van der Waals surface area contributed by atoms with Crippen LogP contribution in [0.5, 0.6) is 0 Å². The maximum absolute atomic E-state index is 3.98. The largest absolute Gasteiger partial charge is 0.0625 e. The smallest absolute Gasteiger partial charge is 0.0508 e. The van der Waals surface area contributed by atoms with Crippen molar-refractivity contribution in [2.45, 2.75) is 81.1 Å². The van der Waals surface area contributed by atoms with E-state index in [1.165, 1.54) is 56.6 Å². The molecular formula is C39H50. The number of benzene rings is 4. The topological polar surface area (TPSA) is 0 Å². The van der Waals surface area contributed by atoms with E-state index in [4.69, 9.17) is 0 Å². The second-order valence-electron chi connectivity index (χ2n) is 13.1. The van der Waals surface area contributed by atoms with Crippen molar-refractivity contribution in [3.8, 4) is 0 Å². The maximum atomic E-state index is 3.98. The van der Waals surface area contributed by atoms with Crippen LogP contribution in [0.2, 0.25) is 0 Å². The Kier molecular flexibility index (Phi) is 9.92. The molecule has 0 heterocycles. The van der Waals surface area contributed by atoms with Crippen molar-refractivity contribution in [1.29, 1.82) is 0 Å². The fourth-order valence-electron chi connectivity index (χ4n) is 5.97. The summed E-state index contributed by atoms with van der Waals surface area (Å²) in [4.78, 5) is 0. The van der Waals surface area contributed by atoms with Gasteiger partial charge in [0.1, 0.15) is 0 Å². The molecule has 0 nitrogen and oxygen atoms in total. The molecule has 0 amide bonds. The SMILES string of the molecule is CC(C)C(C)C(C)CCc1cc2ccccc2cc1[C]c1cc2ccccc2cc1CCC(C)C(C)C(C)C. The number of fused-ring (bicyclic) bond motifs is 2. The first-order valence-electron chi connectivity index (χ1n) is 15.4. The molecule has 0 fully saturated rings. The first kappa shape index (κ1) is 29.4. The van der Waals surface area contributed by atoms with E-state index in [1.807, 2.05) is 0 Å². The minimum atomic E-state index is 0.699. The fraction of sp³-hybridized carbons (Fsp3) is 0.462. The van der Waals surface area contributed by atoms with Crippen LogP contribution in [0.4, 0.5) is 0 Å². The highest BCUT2D eigenvalue weighted by Gasteiger charge is 2.19. The van der Waals surface area contributed by atoms with Crippen molar-refractivity contribution in [3.63, 3.8) is 0 Å². The van der Waals surface area contributed by atoms with Crippen molar-refractivity contribution in [3.05, 3.63) is 101 Å². The average molecular weight is 519 g/mol. The Bertz CT molecular complexity index is 1250. The molecule has 0 saturated carbocycles. The van der Waals surface area contributed by atoms with Crippen LogP contribution in [-0.2, 0) is 12.8 Å². The second-order valence-corrected chi connectivity index (χ2v) is 13.1. The van der Waals surface area contributed by atoms with Gasteiger partial charge in [0.2, 0.25) is 0 Å². The molecule has 4 rings (SSSR count). The highest BCUT2D eigenvalue weighted by atomic mass is 14.2. The number of rotatable bonds is 12. The molecule has 0 bridgehead atoms. The highest BCUT2D eigenvalue weighted by Crippen LogP contribution is 2.32. The summed E-state index contributed by atoms with van der Waals surface area (Å²) >= 11 is 0. The van der Waals surface area contributed by atoms with Gasteiger partial charge in [-0.2, -0.15) is 0 Å². The van der Waals surface area contributed by atoms with Gasteiger partial charge in [0.25, 0.3) is 0 Å². The first-order valence-corrected chi connectivity index (χ1v) is 15.4. The van der Waals surface area contributed by atoms with Crippen LogP contribution in [0, 0.1) is 41.9 Å². The lowest BCUT2D eigenvalue weighted by Crippen LogP contribution is -2.15. The van der Waals surface area contributed by atoms with Gasteiger partial charge in [0.05, 0.1) is 6.42 Å². The standard InChI is InChI=1S/C39H50/c1-26(2)30(7)28(5)17-19-36-21-32-13-9-11-15-34(32)23-38(36)25-39-24-35-16-12-10-14-33(35)22-37(39)20-18-29(6)31(8)27(3)4/h9-16,21-24,26-31H,17-20H2,1-8H3. The Labute approximate surface area is 239 Å². The lowest BCUT2D eigenvalue weighted by molar-refractivity contribution is 0.282. The van der Waals surface area contributed by atoms with Gasteiger partial charge >= 0.3 is 0 Å². The average Bonchev–Trinajstić information content (AvgIpc) is 2.93. The van der Waals surface area contributed by atoms with Gasteiger partial charge in [-0.15, -0.1) is 0 Å². The van der Waals surface area contributed by atoms with E-state index >= 15 is 0 Å². The summed E-state index contributed by atoms with van der Waals surface area (Å²) in [5.41, 5.74) is 5.38. The van der Waals surface area contributed by atoms with Crippen LogP contribution in [0.15, 0.2) is 72.8 Å². The lowest BCUT2D eigenvalue weighted by Gasteiger charge is -2.24. The van der Waals surface area contributed by atoms with Gasteiger partial charge in [-0.05, 0) is 117 Å². The number of aryl methyl sites for hydroxylation is 2. The molecule has 0 aromatic heterocycles. The van der Waals surface area contributed by atoms with Crippen molar-refractivity contribution in [2.24, 2.45) is 35.5 Å². The zero-order chi connectivity index (χ0) is 28.1. The quantitative estimate of drug-likeness (QED) is 0.175. The lowest BCUT2D eigenvalue weighted by atomic mass is 9.81. The van der Waals surface area contributed by atoms with Crippen LogP contribution < -0.4 is 0 Å². The van der Waals surface area contributed by atoms with E-state index < -0.39 is 0 Å². The summed E-state index contributed by atoms with van der Waals surface area (Å²) in [6, 6.07) is 27.2. The zero-order valence-corrected chi connectivity index (χ0v) is 25.7. The summed E-state index contributed by atoms with van der Waals surface area (Å²) < 4.78 is 0. The van der Waals surface area contributed by atoms with E-state index in [1.54, 1.807) is 0 Å². The molecule has 2 radical (unpaired) electrons. The van der Waals surface area contributed by atoms with Crippen molar-refractivity contribution < 1.29 is 0 Å². The monoisotopic (exact) mass is 518 g/mol. The molecule has 0 spiro atoms. The van der Waals surface area contributed by atoms with Gasteiger partial charge in [-0.3, -0.25) is 0 Å². The summed E-state index contributed by atoms with van der Waals surface area (Å²) in [6.45, 7) is 19.1. The first-order chi connectivity index (χ1) is 18.6. The molecule has 0 aliphatic carbocycles. The molecule has 206 valence electrons. The third kappa shape index (κ3) is 7.33. The van der Waals surface area contributed by atoms with Crippen LogP contribution in [0.1, 0.15) is 90.5 Å². The summed E-state index contributed by atoms with van der Waals surface area (Å²) in [5, 5.41) is 5.26. The van der Waals surface area contributed by atoms with Crippen LogP contribution in [0.25, 0.3) is 21.5 Å². The molecule has 4 atom stereocenters. The predicted molar refractivity (Wildman–Crippen MR) is 172 cm³/mol. The van der Waals surface area contributed by atoms with E-state index in [0.29, 0.717) is 11.8 Å². The summed E-state index contributed by atoms with van der Waals surface area (Å²) in [5.74, 6) is 4.29. The van der Waals surface area contributed by atoms with Crippen LogP contribution in [0.3, 0.4) is 0 Å². The Morgan fingerprint density at radius 1 is 0.487 bits per heavy atom. The van der Waals surface area contributed by atoms with E-state index in [2.05, 4.69) is 135 Å². The van der Waals surface area contributed by atoms with Crippen molar-refractivity contribution in [1.82, 2.24) is 0 Å². The van der Waals surface area contributed by atoms with Crippen molar-refractivity contribution >= 4 is 21.5 Å². The fourth-order valence-corrected chi connectivity index (χ4v) is 5.97. The molecule has 4 unspecified atom stereocenters. The number of hydrogen-bond donors (Lipinski definition) is 0. The van der Waals surface area contributed by atoms with Gasteiger partial charge in [-0.1, -0.05) is 116 Å². The van der Waals surface area contributed by atoms with Gasteiger partial charge in [0.15, 0.2) is 0 Å². The van der Waals surface area contributed by atoms with Gasteiger partial charge in [-0.25, -0.2) is 0 Å². The van der Waals surface area contributed by atoms with E-state index in [-0.39, 0.29) is 0 Å². The van der Waals surface area contributed by atoms with E-state index in [9.17, 15) is 0 Å². The third-order valence-electron chi connectivity index (χ3n) is 9.85. The molecule has 4 aromatic rings. The Hall–Kier alpha value is -2.60. The molecular weight excluding hydrogens is 468 g/mol. The van der Waals surface area contributed by atoms with E-state index in [0.717, 1.165) is 36.5 Å². The van der Waals surface area contributed by atoms with Crippen LogP contribution >= 0.6 is 0 Å². The third-order valence-corrected chi connectivity index (χ3v) is 9.85. The Balaban J connectivity index is 1.69. The minimum absolute atomic E-state index is 0.699. The van der Waals surface area contributed by atoms with Gasteiger partial charge in [0, 0.05) is 0 Å². The normalized spacial score (nSPS) is 15.2. The molecule has 4 aromatic carbocycles. The highest BCUT2D eigenvalue weighted by molar-refractivity contribution is 5.86. The Morgan fingerprint density at radius 2 is 0.821 bits per heavy atom. The molecule has 0 aliphatic rings. The molecule has 0 heteroatoms. The Morgan fingerprint density at radius 3 is 1.15 bits per heavy atom. The number of hydrogen-bond acceptors (Lipinski definition) is 0. The van der Waals surface area contributed by atoms with Crippen LogP contribution in [-0.4, -0.2) is 0 Å².